The van der Waals surface area contributed by atoms with Gasteiger partial charge in [-0.15, -0.1) is 22.7 Å². The Bertz CT molecular complexity index is 8470. The first-order valence-electron chi connectivity index (χ1n) is 46.8. The largest absolute Gasteiger partial charge is 0.310 e. The fourth-order valence-electron chi connectivity index (χ4n) is 23.8. The normalized spacial score (nSPS) is 14.9. The van der Waals surface area contributed by atoms with Gasteiger partial charge in [-0.25, -0.2) is 0 Å². The molecule has 5 aliphatic rings. The van der Waals surface area contributed by atoms with Crippen LogP contribution in [0, 0.1) is 0 Å². The summed E-state index contributed by atoms with van der Waals surface area (Å²) in [4.78, 5) is 12.8. The number of thiophene rings is 2. The van der Waals surface area contributed by atoms with Crippen LogP contribution in [0.3, 0.4) is 0 Å². The van der Waals surface area contributed by atoms with Crippen LogP contribution in [0.4, 0.5) is 68.2 Å². The molecule has 0 fully saturated rings. The van der Waals surface area contributed by atoms with Crippen LogP contribution in [-0.4, -0.2) is 0 Å². The zero-order valence-electron chi connectivity index (χ0n) is 74.3. The molecule has 4 nitrogen and oxygen atoms in total. The first kappa shape index (κ1) is 78.4. The summed E-state index contributed by atoms with van der Waals surface area (Å²) in [6.45, 7) is 4.82. The van der Waals surface area contributed by atoms with Crippen LogP contribution < -0.4 is 19.6 Å². The minimum atomic E-state index is -0.742. The lowest BCUT2D eigenvalue weighted by molar-refractivity contribution is 0.660. The second-order valence-corrected chi connectivity index (χ2v) is 38.8. The quantitative estimate of drug-likeness (QED) is 0.0956. The summed E-state index contributed by atoms with van der Waals surface area (Å²) in [5, 5.41) is 2.56. The Morgan fingerprint density at radius 2 is 0.519 bits per heavy atom. The number of benzene rings is 20. The summed E-state index contributed by atoms with van der Waals surface area (Å²) in [5.41, 5.74) is 43.3. The second-order valence-electron chi connectivity index (χ2n) is 36.7. The number of nitrogens with zero attached hydrogens (tertiary/aromatic N) is 4. The van der Waals surface area contributed by atoms with Crippen LogP contribution >= 0.6 is 22.7 Å². The molecule has 135 heavy (non-hydrogen) atoms. The molecule has 2 spiro atoms. The molecular formula is C129H86N4S2. The molecule has 6 heteroatoms. The maximum absolute atomic E-state index is 2.65. The van der Waals surface area contributed by atoms with E-state index < -0.39 is 10.8 Å². The van der Waals surface area contributed by atoms with Crippen molar-refractivity contribution >= 4 is 111 Å². The summed E-state index contributed by atoms with van der Waals surface area (Å²) in [7, 11) is 0. The Balaban J connectivity index is 0.631. The highest BCUT2D eigenvalue weighted by Crippen LogP contribution is 2.72. The molecule has 634 valence electrons. The zero-order chi connectivity index (χ0) is 89.2. The third-order valence-corrected chi connectivity index (χ3v) is 32.0. The lowest BCUT2D eigenvalue weighted by atomic mass is 9.73. The van der Waals surface area contributed by atoms with Gasteiger partial charge in [0.05, 0.1) is 39.3 Å². The van der Waals surface area contributed by atoms with Crippen molar-refractivity contribution in [2.24, 2.45) is 0 Å². The Hall–Kier alpha value is -16.5. The van der Waals surface area contributed by atoms with Crippen LogP contribution in [0.25, 0.3) is 120 Å². The van der Waals surface area contributed by atoms with E-state index in [1.54, 1.807) is 0 Å². The standard InChI is InChI=1S/C129H86N4S2/c1-127(2)107-60-25-18-53-98(107)100-77-75-95(82-112(100)127)133(117-68-35-59-105-120-102-56-23-30-69-118(102)134-125(120)128(124(105)117)108-61-26-19-54-99(108)106-81-94(76-78-110(106)128)130(89-43-10-4-11-44-89)90-45-12-5-13-46-90)114-65-29-22-52-97(114)88-42-33-40-86(80-88)85-39-32-41-87(79-85)96-51-21-28-64-113(96)132(93-73-71-84(72-74-93)83-37-8-3-9-38-83)115-66-36-63-111-122(115)101-55-20-27-62-109(101)129(111)123-104(121-103-57-24-31-70-119(103)135-126(121)129)58-34-67-116(123)131(91-47-14-6-15-48-91)92-49-16-7-17-50-92/h3-82H,1-2H3. The predicted octanol–water partition coefficient (Wildman–Crippen LogP) is 35.7. The van der Waals surface area contributed by atoms with E-state index in [-0.39, 0.29) is 5.41 Å². The van der Waals surface area contributed by atoms with Crippen molar-refractivity contribution in [3.63, 3.8) is 0 Å². The van der Waals surface area contributed by atoms with Gasteiger partial charge in [-0.3, -0.25) is 0 Å². The van der Waals surface area contributed by atoms with Crippen molar-refractivity contribution in [1.82, 2.24) is 0 Å². The number of para-hydroxylation sites is 6. The molecule has 2 atom stereocenters. The van der Waals surface area contributed by atoms with Gasteiger partial charge in [0, 0.05) is 114 Å². The number of fused-ring (bicyclic) bond motifs is 27. The van der Waals surface area contributed by atoms with Crippen LogP contribution in [0.2, 0.25) is 0 Å². The number of anilines is 12. The molecule has 20 aromatic carbocycles. The highest BCUT2D eigenvalue weighted by atomic mass is 32.1. The predicted molar refractivity (Wildman–Crippen MR) is 568 cm³/mol. The molecule has 0 N–H and O–H groups in total. The minimum Gasteiger partial charge on any atom is -0.310 e. The molecule has 5 aliphatic carbocycles. The van der Waals surface area contributed by atoms with Crippen molar-refractivity contribution < 1.29 is 0 Å². The van der Waals surface area contributed by atoms with Crippen molar-refractivity contribution in [2.45, 2.75) is 30.1 Å². The third kappa shape index (κ3) is 11.7. The Labute approximate surface area is 794 Å². The van der Waals surface area contributed by atoms with Gasteiger partial charge >= 0.3 is 0 Å². The van der Waals surface area contributed by atoms with E-state index >= 15 is 0 Å². The summed E-state index contributed by atoms with van der Waals surface area (Å²) >= 11 is 3.91. The lowest BCUT2D eigenvalue weighted by Crippen LogP contribution is -2.28. The van der Waals surface area contributed by atoms with Crippen LogP contribution in [-0.2, 0) is 16.2 Å². The third-order valence-electron chi connectivity index (χ3n) is 29.4. The maximum atomic E-state index is 2.65. The molecular weight excluding hydrogens is 1670 g/mol. The van der Waals surface area contributed by atoms with Gasteiger partial charge in [-0.2, -0.15) is 0 Å². The smallest absolute Gasteiger partial charge is 0.0840 e. The van der Waals surface area contributed by atoms with E-state index in [1.165, 1.54) is 136 Å². The zero-order valence-corrected chi connectivity index (χ0v) is 75.9. The maximum Gasteiger partial charge on any atom is 0.0840 e. The molecule has 27 rings (SSSR count). The average molecular weight is 1760 g/mol. The van der Waals surface area contributed by atoms with E-state index in [4.69, 9.17) is 0 Å². The molecule has 22 aromatic rings. The van der Waals surface area contributed by atoms with E-state index in [9.17, 15) is 0 Å². The van der Waals surface area contributed by atoms with Gasteiger partial charge in [0.15, 0.2) is 0 Å². The molecule has 0 bridgehead atoms. The van der Waals surface area contributed by atoms with Gasteiger partial charge in [0.25, 0.3) is 0 Å². The first-order chi connectivity index (χ1) is 66.8. The first-order valence-corrected chi connectivity index (χ1v) is 48.4. The summed E-state index contributed by atoms with van der Waals surface area (Å²) < 4.78 is 2.57. The number of hydrogen-bond donors (Lipinski definition) is 0. The van der Waals surface area contributed by atoms with Gasteiger partial charge in [0.1, 0.15) is 0 Å². The average Bonchev–Trinajstić information content (AvgIpc) is 1.49. The SMILES string of the molecule is CC1(C)c2ccccc2-c2ccc(N(c3ccccc3-c3cccc(-c4cccc(-c5ccccc5N(c5ccc(-c6ccccc6)cc5)c5cccc6c5-c5ccccc5C65c6sc7ccccc7c6-c6cccc(N(c7ccccc7)c7ccccc7)c65)c4)c3)c3cccc4c3C3(c5ccccc5-c5cc(N(c6ccccc6)c6ccccc6)ccc53)c3sc5ccccc5c3-4)cc21. The Kier molecular flexibility index (Phi) is 17.9. The van der Waals surface area contributed by atoms with Gasteiger partial charge in [-0.1, -0.05) is 360 Å². The minimum absolute atomic E-state index is 0.286. The van der Waals surface area contributed by atoms with Crippen LogP contribution in [0.5, 0.6) is 0 Å². The molecule has 0 radical (unpaired) electrons. The van der Waals surface area contributed by atoms with E-state index in [2.05, 4.69) is 519 Å². The molecule has 0 amide bonds. The molecule has 2 aromatic heterocycles. The van der Waals surface area contributed by atoms with E-state index in [1.807, 2.05) is 22.7 Å². The molecule has 2 heterocycles. The van der Waals surface area contributed by atoms with Crippen molar-refractivity contribution in [3.8, 4) is 100 Å². The number of hydrogen-bond acceptors (Lipinski definition) is 6. The summed E-state index contributed by atoms with van der Waals surface area (Å²) in [6.07, 6.45) is 0. The Morgan fingerprint density at radius 3 is 1.08 bits per heavy atom. The van der Waals surface area contributed by atoms with Gasteiger partial charge < -0.3 is 19.6 Å². The second kappa shape index (κ2) is 30.8. The highest BCUT2D eigenvalue weighted by molar-refractivity contribution is 7.20. The molecule has 0 saturated heterocycles. The van der Waals surface area contributed by atoms with Crippen molar-refractivity contribution in [1.29, 1.82) is 0 Å². The fraction of sp³-hybridized carbons (Fsp3) is 0.0388. The monoisotopic (exact) mass is 1750 g/mol. The summed E-state index contributed by atoms with van der Waals surface area (Å²) in [6, 6.07) is 183. The number of rotatable bonds is 16. The Morgan fingerprint density at radius 1 is 0.178 bits per heavy atom. The van der Waals surface area contributed by atoms with Gasteiger partial charge in [0.2, 0.25) is 0 Å². The lowest BCUT2D eigenvalue weighted by Gasteiger charge is -2.36. The van der Waals surface area contributed by atoms with E-state index in [0.29, 0.717) is 0 Å². The fourth-order valence-corrected chi connectivity index (χ4v) is 26.7. The van der Waals surface area contributed by atoms with E-state index in [0.717, 1.165) is 107 Å². The van der Waals surface area contributed by atoms with Crippen LogP contribution in [0.1, 0.15) is 68.1 Å². The van der Waals surface area contributed by atoms with Crippen molar-refractivity contribution in [3.05, 3.63) is 540 Å². The molecule has 0 saturated carbocycles. The highest BCUT2D eigenvalue weighted by Gasteiger charge is 2.58. The molecule has 2 unspecified atom stereocenters. The van der Waals surface area contributed by atoms with Crippen molar-refractivity contribution in [2.75, 3.05) is 19.6 Å². The van der Waals surface area contributed by atoms with Crippen LogP contribution in [0.15, 0.2) is 485 Å². The van der Waals surface area contributed by atoms with Gasteiger partial charge in [-0.05, 0) is 245 Å². The topological polar surface area (TPSA) is 13.0 Å². The molecule has 0 aliphatic heterocycles. The summed E-state index contributed by atoms with van der Waals surface area (Å²) in [5.74, 6) is 0.